The van der Waals surface area contributed by atoms with Crippen molar-refractivity contribution in [3.8, 4) is 0 Å². The van der Waals surface area contributed by atoms with E-state index in [4.69, 9.17) is 0 Å². The maximum atomic E-state index is 11.2. The van der Waals surface area contributed by atoms with Gasteiger partial charge < -0.3 is 9.11 Å². The number of ketones is 4. The Morgan fingerprint density at radius 1 is 0.615 bits per heavy atom. The molecule has 16 heteroatoms. The molecule has 0 fully saturated rings. The van der Waals surface area contributed by atoms with E-state index in [9.17, 15) is 36.7 Å². The molecule has 0 aromatic rings. The van der Waals surface area contributed by atoms with Gasteiger partial charge in [0, 0.05) is 11.5 Å². The first-order valence-corrected chi connectivity index (χ1v) is 13.4. The minimum Gasteiger partial charge on any atom is -0.772 e. The summed E-state index contributed by atoms with van der Waals surface area (Å²) in [5.74, 6) is -4.01. The number of Topliss-reactive ketones (excluding diaryl/α,β-unsaturated/α-hetero) is 4. The summed E-state index contributed by atoms with van der Waals surface area (Å²) >= 11 is -5.14. The Morgan fingerprint density at radius 2 is 0.923 bits per heavy atom. The monoisotopic (exact) mass is 498 g/mol. The SMILES string of the molecule is O=C(CSSCCSSCC(=O)C(=O)CS(=O)[O-])C(=O)CS(=O)[O-].[Na+].[Na+]. The molecule has 0 bridgehead atoms. The van der Waals surface area contributed by atoms with Crippen LogP contribution in [0.2, 0.25) is 0 Å². The van der Waals surface area contributed by atoms with Crippen molar-refractivity contribution in [2.75, 3.05) is 34.5 Å². The second kappa shape index (κ2) is 20.6. The number of carbonyl (C=O) groups is 4. The predicted octanol–water partition coefficient (Wildman–Crippen LogP) is -6.21. The Morgan fingerprint density at radius 3 is 1.19 bits per heavy atom. The first kappa shape index (κ1) is 33.0. The van der Waals surface area contributed by atoms with Gasteiger partial charge >= 0.3 is 59.1 Å². The average Bonchev–Trinajstić information content (AvgIpc) is 2.47. The summed E-state index contributed by atoms with van der Waals surface area (Å²) in [7, 11) is 4.88. The van der Waals surface area contributed by atoms with E-state index < -0.39 is 56.8 Å². The molecule has 0 rings (SSSR count). The molecule has 0 amide bonds. The van der Waals surface area contributed by atoms with Crippen molar-refractivity contribution in [2.24, 2.45) is 0 Å². The maximum Gasteiger partial charge on any atom is 1.00 e. The summed E-state index contributed by atoms with van der Waals surface area (Å²) in [4.78, 5) is 44.6. The van der Waals surface area contributed by atoms with Crippen LogP contribution in [0.1, 0.15) is 0 Å². The minimum atomic E-state index is -2.57. The van der Waals surface area contributed by atoms with E-state index >= 15 is 0 Å². The van der Waals surface area contributed by atoms with Gasteiger partial charge in [0.1, 0.15) is 0 Å². The summed E-state index contributed by atoms with van der Waals surface area (Å²) in [5, 5.41) is 0. The van der Waals surface area contributed by atoms with Crippen molar-refractivity contribution in [3.05, 3.63) is 0 Å². The topological polar surface area (TPSA) is 149 Å². The molecular weight excluding hydrogens is 486 g/mol. The minimum absolute atomic E-state index is 0. The quantitative estimate of drug-likeness (QED) is 0.0695. The van der Waals surface area contributed by atoms with E-state index in [1.165, 1.54) is 21.6 Å². The van der Waals surface area contributed by atoms with E-state index in [0.29, 0.717) is 11.5 Å². The van der Waals surface area contributed by atoms with Gasteiger partial charge in [-0.25, -0.2) is 0 Å². The summed E-state index contributed by atoms with van der Waals surface area (Å²) < 4.78 is 41.1. The fourth-order valence-electron chi connectivity index (χ4n) is 0.912. The summed E-state index contributed by atoms with van der Waals surface area (Å²) in [6, 6.07) is 0. The molecule has 0 aliphatic heterocycles. The van der Waals surface area contributed by atoms with Gasteiger partial charge in [0.05, 0.1) is 23.0 Å². The summed E-state index contributed by atoms with van der Waals surface area (Å²) in [6.45, 7) is 0. The molecule has 0 heterocycles. The van der Waals surface area contributed by atoms with Gasteiger partial charge in [-0.2, -0.15) is 0 Å². The Bertz CT molecular complexity index is 486. The van der Waals surface area contributed by atoms with Gasteiger partial charge in [0.15, 0.2) is 0 Å². The van der Waals surface area contributed by atoms with Gasteiger partial charge in [-0.15, -0.1) is 0 Å². The standard InChI is InChI=1S/C10H14O8S6.2Na/c11-7(9(13)5-23(15)16)3-21-19-1-2-20-22-4-8(12)10(14)6-24(17)18;;/h1-6H2,(H,15,16)(H,17,18);;/q;2*+1/p-2. The van der Waals surface area contributed by atoms with Crippen LogP contribution in [0, 0.1) is 0 Å². The maximum absolute atomic E-state index is 11.2. The van der Waals surface area contributed by atoms with Crippen LogP contribution in [0.25, 0.3) is 0 Å². The molecular formula is C10H12Na2O8S6. The molecule has 0 saturated heterocycles. The fraction of sp³-hybridized carbons (Fsp3) is 0.600. The molecule has 2 unspecified atom stereocenters. The number of hydrogen-bond donors (Lipinski definition) is 0. The average molecular weight is 499 g/mol. The van der Waals surface area contributed by atoms with Crippen molar-refractivity contribution < 1.29 is 95.8 Å². The fourth-order valence-corrected chi connectivity index (χ4v) is 6.22. The van der Waals surface area contributed by atoms with Crippen molar-refractivity contribution in [1.29, 1.82) is 0 Å². The number of rotatable bonds is 15. The molecule has 26 heavy (non-hydrogen) atoms. The van der Waals surface area contributed by atoms with Gasteiger partial charge in [0.25, 0.3) is 0 Å². The Balaban J connectivity index is -0.00000264. The zero-order valence-electron chi connectivity index (χ0n) is 14.0. The predicted molar refractivity (Wildman–Crippen MR) is 97.4 cm³/mol. The van der Waals surface area contributed by atoms with Crippen LogP contribution in [-0.2, 0) is 41.3 Å². The van der Waals surface area contributed by atoms with Crippen LogP contribution in [0.5, 0.6) is 0 Å². The molecule has 0 aromatic carbocycles. The molecule has 138 valence electrons. The van der Waals surface area contributed by atoms with E-state index in [2.05, 4.69) is 0 Å². The van der Waals surface area contributed by atoms with E-state index in [1.807, 2.05) is 0 Å². The Hall–Kier alpha value is 2.30. The summed E-state index contributed by atoms with van der Waals surface area (Å²) in [5.41, 5.74) is 0. The number of hydrogen-bond acceptors (Lipinski definition) is 12. The van der Waals surface area contributed by atoms with Crippen LogP contribution in [0.3, 0.4) is 0 Å². The van der Waals surface area contributed by atoms with Crippen LogP contribution in [-0.4, -0.2) is 75.2 Å². The molecule has 8 nitrogen and oxygen atoms in total. The van der Waals surface area contributed by atoms with Gasteiger partial charge in [-0.05, 0) is 22.2 Å². The molecule has 0 aliphatic rings. The van der Waals surface area contributed by atoms with Gasteiger partial charge in [-0.3, -0.25) is 27.6 Å². The molecule has 0 N–H and O–H groups in total. The molecule has 2 atom stereocenters. The summed E-state index contributed by atoms with van der Waals surface area (Å²) in [6.07, 6.45) is 0. The van der Waals surface area contributed by atoms with Crippen LogP contribution in [0.4, 0.5) is 0 Å². The molecule has 0 saturated carbocycles. The number of carbonyl (C=O) groups excluding carboxylic acids is 4. The van der Waals surface area contributed by atoms with Crippen molar-refractivity contribution >= 4 is 88.5 Å². The van der Waals surface area contributed by atoms with Crippen LogP contribution < -0.4 is 59.1 Å². The Kier molecular flexibility index (Phi) is 26.1. The van der Waals surface area contributed by atoms with E-state index in [-0.39, 0.29) is 70.6 Å². The zero-order chi connectivity index (χ0) is 18.5. The first-order valence-electron chi connectivity index (χ1n) is 5.96. The second-order valence-electron chi connectivity index (χ2n) is 3.76. The first-order chi connectivity index (χ1) is 11.2. The van der Waals surface area contributed by atoms with Crippen molar-refractivity contribution in [3.63, 3.8) is 0 Å². The molecule has 0 spiro atoms. The third-order valence-corrected chi connectivity index (χ3v) is 7.71. The third-order valence-electron chi connectivity index (χ3n) is 1.92. The van der Waals surface area contributed by atoms with E-state index in [0.717, 1.165) is 21.6 Å². The van der Waals surface area contributed by atoms with E-state index in [1.54, 1.807) is 0 Å². The zero-order valence-corrected chi connectivity index (χ0v) is 22.9. The van der Waals surface area contributed by atoms with Crippen LogP contribution >= 0.6 is 43.2 Å². The van der Waals surface area contributed by atoms with Gasteiger partial charge in [-0.1, -0.05) is 43.2 Å². The molecule has 0 aromatic heterocycles. The van der Waals surface area contributed by atoms with Crippen LogP contribution in [0.15, 0.2) is 0 Å². The Labute approximate surface area is 216 Å². The molecule has 0 radical (unpaired) electrons. The second-order valence-corrected chi connectivity index (χ2v) is 10.7. The van der Waals surface area contributed by atoms with Crippen molar-refractivity contribution in [2.45, 2.75) is 0 Å². The largest absolute Gasteiger partial charge is 1.00 e. The normalized spacial score (nSPS) is 12.2. The smallest absolute Gasteiger partial charge is 0.772 e. The molecule has 0 aliphatic carbocycles. The van der Waals surface area contributed by atoms with Gasteiger partial charge in [0.2, 0.25) is 23.1 Å². The van der Waals surface area contributed by atoms with Crippen molar-refractivity contribution in [1.82, 2.24) is 0 Å². The third kappa shape index (κ3) is 19.6.